The molecule has 0 aliphatic carbocycles. The minimum absolute atomic E-state index is 0.972. The van der Waals surface area contributed by atoms with E-state index in [0.717, 1.165) is 56.3 Å². The zero-order chi connectivity index (χ0) is 55.5. The Balaban J connectivity index is 0.00000137. The van der Waals surface area contributed by atoms with E-state index in [1.54, 1.807) is 4.70 Å². The number of unbranched alkanes of at least 4 members (excludes halogenated alkanes) is 37. The Bertz CT molecular complexity index is 1720. The SMILES string of the molecule is CCCCCCCCCCCCCCCCCc1cc(CCCC)cc(C2=CC(CCCC)=C(c3cc(CCCC)cc(CCCCCCCCCCCCCCCCC)c3)[N+]2=[N-])c1.CCCCC[CH2][Ni][CH2]CCCCC. The second-order valence-corrected chi connectivity index (χ2v) is 25.6. The molecule has 2 aromatic rings. The molecule has 0 spiro atoms. The number of aryl methyl sites for hydroxylation is 4. The van der Waals surface area contributed by atoms with Gasteiger partial charge in [0.25, 0.3) is 0 Å². The van der Waals surface area contributed by atoms with Gasteiger partial charge >= 0.3 is 90.4 Å². The van der Waals surface area contributed by atoms with Crippen LogP contribution in [0.15, 0.2) is 48.0 Å². The number of benzene rings is 2. The molecule has 0 unspecified atom stereocenters. The van der Waals surface area contributed by atoms with Crippen LogP contribution >= 0.6 is 0 Å². The maximum absolute atomic E-state index is 12.3. The summed E-state index contributed by atoms with van der Waals surface area (Å²) in [4.78, 5) is 0. The molecule has 0 N–H and O–H groups in total. The number of nitrogens with zero attached hydrogens (tertiary/aromatic N) is 2. The van der Waals surface area contributed by atoms with Crippen LogP contribution in [0.3, 0.4) is 0 Å². The molecule has 77 heavy (non-hydrogen) atoms. The molecule has 0 atom stereocenters. The van der Waals surface area contributed by atoms with Gasteiger partial charge in [0.05, 0.1) is 0 Å². The van der Waals surface area contributed by atoms with Crippen molar-refractivity contribution in [1.29, 1.82) is 0 Å². The number of hydrogen-bond acceptors (Lipinski definition) is 0. The Kier molecular flexibility index (Phi) is 48.1. The number of allylic oxidation sites excluding steroid dienone is 2. The summed E-state index contributed by atoms with van der Waals surface area (Å²) in [6.07, 6.45) is 68.4. The van der Waals surface area contributed by atoms with Gasteiger partial charge in [-0.1, -0.05) is 246 Å². The van der Waals surface area contributed by atoms with E-state index in [-0.39, 0.29) is 0 Å². The van der Waals surface area contributed by atoms with Crippen LogP contribution in [-0.2, 0) is 40.1 Å². The molecular formula is C74H130N2Ni. The number of hydrogen-bond donors (Lipinski definition) is 0. The van der Waals surface area contributed by atoms with Gasteiger partial charge in [0, 0.05) is 22.8 Å². The Labute approximate surface area is 488 Å². The molecule has 2 aromatic carbocycles. The van der Waals surface area contributed by atoms with Crippen LogP contribution in [0, 0.1) is 0 Å². The summed E-state index contributed by atoms with van der Waals surface area (Å²) in [5, 5.41) is 2.83. The fourth-order valence-electron chi connectivity index (χ4n) is 11.4. The van der Waals surface area contributed by atoms with Crippen LogP contribution in [0.25, 0.3) is 16.9 Å². The van der Waals surface area contributed by atoms with Crippen molar-refractivity contribution in [3.05, 3.63) is 87.0 Å². The molecule has 0 amide bonds. The normalized spacial score (nSPS) is 12.6. The van der Waals surface area contributed by atoms with Gasteiger partial charge in [-0.15, -0.1) is 0 Å². The van der Waals surface area contributed by atoms with Crippen LogP contribution in [0.5, 0.6) is 0 Å². The maximum atomic E-state index is 12.3. The molecule has 1 aliphatic rings. The fraction of sp³-hybridized carbons (Fsp3) is 0.784. The van der Waals surface area contributed by atoms with Crippen molar-refractivity contribution in [1.82, 2.24) is 0 Å². The van der Waals surface area contributed by atoms with Crippen LogP contribution in [0.2, 0.25) is 10.8 Å². The van der Waals surface area contributed by atoms with E-state index in [1.165, 1.54) is 319 Å². The topological polar surface area (TPSA) is 25.3 Å². The van der Waals surface area contributed by atoms with E-state index in [4.69, 9.17) is 0 Å². The van der Waals surface area contributed by atoms with Crippen LogP contribution in [0.4, 0.5) is 0 Å². The summed E-state index contributed by atoms with van der Waals surface area (Å²) >= 11 is 1.99. The third kappa shape index (κ3) is 36.9. The Morgan fingerprint density at radius 3 is 0.870 bits per heavy atom. The quantitative estimate of drug-likeness (QED) is 0.0358. The van der Waals surface area contributed by atoms with Crippen molar-refractivity contribution >= 4 is 11.4 Å². The van der Waals surface area contributed by atoms with Gasteiger partial charge in [0.1, 0.15) is 0 Å². The van der Waals surface area contributed by atoms with Crippen molar-refractivity contribution in [3.63, 3.8) is 0 Å². The van der Waals surface area contributed by atoms with Gasteiger partial charge in [0.15, 0.2) is 0 Å². The van der Waals surface area contributed by atoms with E-state index in [2.05, 4.69) is 90.9 Å². The Morgan fingerprint density at radius 2 is 0.545 bits per heavy atom. The van der Waals surface area contributed by atoms with Crippen LogP contribution < -0.4 is 0 Å². The van der Waals surface area contributed by atoms with Gasteiger partial charge in [0.2, 0.25) is 11.4 Å². The summed E-state index contributed by atoms with van der Waals surface area (Å²) in [6.45, 7) is 16.1. The van der Waals surface area contributed by atoms with Crippen molar-refractivity contribution in [2.24, 2.45) is 0 Å². The second-order valence-electron chi connectivity index (χ2n) is 24.1. The molecule has 0 saturated carbocycles. The molecule has 1 heterocycles. The van der Waals surface area contributed by atoms with Crippen LogP contribution in [0.1, 0.15) is 371 Å². The van der Waals surface area contributed by atoms with E-state index in [0.29, 0.717) is 0 Å². The standard InChI is InChI=1S/C62H104N2.2C6H13.Ni/c1-6-11-16-18-20-22-24-26-28-30-32-34-36-38-40-44-56-47-54(42-13-8-3)49-59(50-56)61-53-58(46-15-10-5)62(64(61)63)60-51-55(43-14-9-4)48-57(52-60)45-41-39-37-35-33-31-29-27-25-23-21-19-17-12-7-2;2*1-3-5-6-4-2;/h47-53H,6-46H2,1-5H3;2*1,3-6H2,2H3;. The molecule has 0 saturated heterocycles. The molecule has 0 bridgehead atoms. The van der Waals surface area contributed by atoms with Gasteiger partial charge in [-0.2, -0.15) is 0 Å². The molecule has 2 nitrogen and oxygen atoms in total. The van der Waals surface area contributed by atoms with Gasteiger partial charge in [-0.25, -0.2) is 4.70 Å². The van der Waals surface area contributed by atoms with Crippen molar-refractivity contribution < 1.29 is 19.1 Å². The molecule has 0 aromatic heterocycles. The first-order chi connectivity index (χ1) is 38.0. The van der Waals surface area contributed by atoms with Gasteiger partial charge in [-0.05, 0) is 111 Å². The molecule has 0 fully saturated rings. The summed E-state index contributed by atoms with van der Waals surface area (Å²) in [5.41, 5.74) is 23.8. The molecule has 3 heteroatoms. The molecular weight excluding hydrogens is 976 g/mol. The predicted molar refractivity (Wildman–Crippen MR) is 343 cm³/mol. The first kappa shape index (κ1) is 71.1. The summed E-state index contributed by atoms with van der Waals surface area (Å²) in [5.74, 6) is 0. The van der Waals surface area contributed by atoms with E-state index in [1.807, 2.05) is 14.4 Å². The summed E-state index contributed by atoms with van der Waals surface area (Å²) in [6, 6.07) is 14.6. The fourth-order valence-corrected chi connectivity index (χ4v) is 12.7. The average Bonchev–Trinajstić information content (AvgIpc) is 3.80. The van der Waals surface area contributed by atoms with Crippen molar-refractivity contribution in [3.8, 4) is 0 Å². The van der Waals surface area contributed by atoms with E-state index in [9.17, 15) is 5.53 Å². The zero-order valence-corrected chi connectivity index (χ0v) is 53.8. The second kappa shape index (κ2) is 52.1. The predicted octanol–water partition coefficient (Wildman–Crippen LogP) is 26.3. The van der Waals surface area contributed by atoms with Gasteiger partial charge in [-0.3, -0.25) is 0 Å². The molecule has 446 valence electrons. The first-order valence-electron chi connectivity index (χ1n) is 34.6. The average molecular weight is 1110 g/mol. The molecule has 1 aliphatic heterocycles. The molecule has 3 rings (SSSR count). The summed E-state index contributed by atoms with van der Waals surface area (Å²) in [7, 11) is 0. The number of rotatable bonds is 53. The van der Waals surface area contributed by atoms with Crippen molar-refractivity contribution in [2.45, 2.75) is 374 Å². The summed E-state index contributed by atoms with van der Waals surface area (Å²) < 4.78 is 1.59. The Hall–Kier alpha value is -1.99. The third-order valence-electron chi connectivity index (χ3n) is 16.5. The van der Waals surface area contributed by atoms with E-state index < -0.39 is 0 Å². The zero-order valence-electron chi connectivity index (χ0n) is 52.8. The third-order valence-corrected chi connectivity index (χ3v) is 17.9. The molecule has 0 radical (unpaired) electrons. The van der Waals surface area contributed by atoms with E-state index >= 15 is 0 Å². The van der Waals surface area contributed by atoms with Gasteiger partial charge < -0.3 is 5.53 Å². The minimum atomic E-state index is 0.972. The van der Waals surface area contributed by atoms with Crippen molar-refractivity contribution in [2.75, 3.05) is 0 Å². The Morgan fingerprint density at radius 1 is 0.286 bits per heavy atom. The van der Waals surface area contributed by atoms with Crippen LogP contribution in [-0.4, -0.2) is 4.70 Å². The monoisotopic (exact) mass is 1100 g/mol. The first-order valence-corrected chi connectivity index (χ1v) is 36.0.